The highest BCUT2D eigenvalue weighted by Gasteiger charge is 2.24. The molecule has 2 unspecified atom stereocenters. The fraction of sp³-hybridized carbons (Fsp3) is 1.00. The van der Waals surface area contributed by atoms with Crippen molar-refractivity contribution in [3.8, 4) is 0 Å². The van der Waals surface area contributed by atoms with Gasteiger partial charge in [0.1, 0.15) is 0 Å². The van der Waals surface area contributed by atoms with Gasteiger partial charge in [-0.2, -0.15) is 0 Å². The average molecular weight is 216 g/mol. The Balaban J connectivity index is 2.30. The fourth-order valence-corrected chi connectivity index (χ4v) is 5.58. The van der Waals surface area contributed by atoms with E-state index in [1.807, 2.05) is 0 Å². The van der Waals surface area contributed by atoms with Gasteiger partial charge in [0.15, 0.2) is 0 Å². The van der Waals surface area contributed by atoms with Crippen molar-refractivity contribution < 1.29 is 4.74 Å². The Hall–Kier alpha value is 0.0969. The number of ether oxygens (including phenoxy) is 1. The molecule has 0 bridgehead atoms. The van der Waals surface area contributed by atoms with Gasteiger partial charge in [0, 0.05) is 12.3 Å². The molecular formula is C10H24N2OSi. The van der Waals surface area contributed by atoms with E-state index < -0.39 is 8.80 Å². The molecule has 0 aromatic rings. The third-order valence-electron chi connectivity index (χ3n) is 3.06. The molecular weight excluding hydrogens is 192 g/mol. The summed E-state index contributed by atoms with van der Waals surface area (Å²) in [6.45, 7) is 2.63. The van der Waals surface area contributed by atoms with Crippen LogP contribution in [0.1, 0.15) is 25.7 Å². The monoisotopic (exact) mass is 216 g/mol. The minimum Gasteiger partial charge on any atom is -0.382 e. The zero-order chi connectivity index (χ0) is 10.2. The van der Waals surface area contributed by atoms with Crippen LogP contribution in [0.4, 0.5) is 0 Å². The fourth-order valence-electron chi connectivity index (χ4n) is 2.25. The van der Waals surface area contributed by atoms with E-state index in [1.165, 1.54) is 31.4 Å². The molecule has 1 rings (SSSR count). The highest BCUT2D eigenvalue weighted by atomic mass is 28.3. The van der Waals surface area contributed by atoms with Crippen molar-refractivity contribution >= 4 is 8.80 Å². The Bertz CT molecular complexity index is 140. The molecule has 3 nitrogen and oxygen atoms in total. The first kappa shape index (κ1) is 12.2. The topological polar surface area (TPSA) is 61.3 Å². The molecule has 0 radical (unpaired) electrons. The summed E-state index contributed by atoms with van der Waals surface area (Å²) in [5.74, 6) is 0. The van der Waals surface area contributed by atoms with Gasteiger partial charge >= 0.3 is 0 Å². The molecule has 14 heavy (non-hydrogen) atoms. The van der Waals surface area contributed by atoms with Gasteiger partial charge in [0.05, 0.1) is 8.80 Å². The molecule has 1 aliphatic rings. The summed E-state index contributed by atoms with van der Waals surface area (Å²) in [6, 6.07) is 2.54. The van der Waals surface area contributed by atoms with E-state index in [0.717, 1.165) is 26.1 Å². The first-order chi connectivity index (χ1) is 6.88. The van der Waals surface area contributed by atoms with Gasteiger partial charge in [-0.25, -0.2) is 0 Å². The number of hydrogen-bond acceptors (Lipinski definition) is 3. The van der Waals surface area contributed by atoms with Crippen LogP contribution in [-0.4, -0.2) is 34.2 Å². The van der Waals surface area contributed by atoms with Gasteiger partial charge in [0.25, 0.3) is 0 Å². The Morgan fingerprint density at radius 2 is 2.00 bits per heavy atom. The standard InChI is InChI=1S/C10H24N2OSi/c11-5-3-8-14(9-6-12)10-4-1-2-7-13-10/h10,14H,1-9,11-12H2. The molecule has 1 aliphatic heterocycles. The largest absolute Gasteiger partial charge is 0.382 e. The molecule has 4 N–H and O–H groups in total. The second-order valence-corrected chi connectivity index (χ2v) is 7.59. The van der Waals surface area contributed by atoms with Crippen molar-refractivity contribution in [2.24, 2.45) is 11.5 Å². The number of rotatable bonds is 6. The zero-order valence-electron chi connectivity index (χ0n) is 9.08. The maximum Gasteiger partial charge on any atom is 0.0729 e. The highest BCUT2D eigenvalue weighted by molar-refractivity contribution is 6.60. The van der Waals surface area contributed by atoms with Crippen molar-refractivity contribution in [3.05, 3.63) is 0 Å². The van der Waals surface area contributed by atoms with Crippen molar-refractivity contribution in [3.63, 3.8) is 0 Å². The lowest BCUT2D eigenvalue weighted by atomic mass is 10.2. The quantitative estimate of drug-likeness (QED) is 0.640. The molecule has 0 aromatic heterocycles. The van der Waals surface area contributed by atoms with Crippen LogP contribution in [-0.2, 0) is 4.74 Å². The molecule has 0 saturated carbocycles. The van der Waals surface area contributed by atoms with E-state index >= 15 is 0 Å². The highest BCUT2D eigenvalue weighted by Crippen LogP contribution is 2.20. The molecule has 4 heteroatoms. The first-order valence-corrected chi connectivity index (χ1v) is 8.20. The predicted molar refractivity (Wildman–Crippen MR) is 63.1 cm³/mol. The van der Waals surface area contributed by atoms with E-state index in [0.29, 0.717) is 5.73 Å². The molecule has 1 saturated heterocycles. The smallest absolute Gasteiger partial charge is 0.0729 e. The molecule has 2 atom stereocenters. The molecule has 0 aromatic carbocycles. The van der Waals surface area contributed by atoms with Crippen LogP contribution in [0.5, 0.6) is 0 Å². The Labute approximate surface area is 88.8 Å². The maximum atomic E-state index is 5.86. The van der Waals surface area contributed by atoms with Crippen molar-refractivity contribution in [2.75, 3.05) is 19.7 Å². The molecule has 0 amide bonds. The van der Waals surface area contributed by atoms with Crippen LogP contribution in [0, 0.1) is 0 Å². The van der Waals surface area contributed by atoms with Crippen molar-refractivity contribution in [1.82, 2.24) is 0 Å². The Morgan fingerprint density at radius 3 is 2.57 bits per heavy atom. The molecule has 0 aliphatic carbocycles. The van der Waals surface area contributed by atoms with E-state index in [4.69, 9.17) is 16.2 Å². The molecule has 1 heterocycles. The van der Waals surface area contributed by atoms with Crippen molar-refractivity contribution in [1.29, 1.82) is 0 Å². The van der Waals surface area contributed by atoms with E-state index in [9.17, 15) is 0 Å². The van der Waals surface area contributed by atoms with Crippen LogP contribution >= 0.6 is 0 Å². The molecule has 0 spiro atoms. The van der Waals surface area contributed by atoms with E-state index in [-0.39, 0.29) is 0 Å². The van der Waals surface area contributed by atoms with Crippen LogP contribution in [0.25, 0.3) is 0 Å². The predicted octanol–water partition coefficient (Wildman–Crippen LogP) is 0.629. The summed E-state index contributed by atoms with van der Waals surface area (Å²) in [5.41, 5.74) is 11.8. The van der Waals surface area contributed by atoms with E-state index in [1.54, 1.807) is 0 Å². The lowest BCUT2D eigenvalue weighted by Gasteiger charge is -2.29. The van der Waals surface area contributed by atoms with Gasteiger partial charge in [0.2, 0.25) is 0 Å². The second kappa shape index (κ2) is 7.40. The van der Waals surface area contributed by atoms with Gasteiger partial charge in [-0.1, -0.05) is 6.04 Å². The minimum absolute atomic E-state index is 0.596. The number of hydrogen-bond donors (Lipinski definition) is 2. The summed E-state index contributed by atoms with van der Waals surface area (Å²) in [5, 5.41) is 0. The second-order valence-electron chi connectivity index (χ2n) is 4.17. The summed E-state index contributed by atoms with van der Waals surface area (Å²) < 4.78 is 5.86. The van der Waals surface area contributed by atoms with Gasteiger partial charge in [-0.15, -0.1) is 0 Å². The van der Waals surface area contributed by atoms with E-state index in [2.05, 4.69) is 0 Å². The average Bonchev–Trinajstić information content (AvgIpc) is 2.25. The normalized spacial score (nSPS) is 24.9. The van der Waals surface area contributed by atoms with Crippen LogP contribution < -0.4 is 11.5 Å². The SMILES string of the molecule is NCCC[SiH](CCN)C1CCCCO1. The summed E-state index contributed by atoms with van der Waals surface area (Å²) in [6.07, 6.45) is 5.04. The van der Waals surface area contributed by atoms with Gasteiger partial charge in [-0.3, -0.25) is 0 Å². The van der Waals surface area contributed by atoms with Crippen LogP contribution in [0.2, 0.25) is 12.1 Å². The number of nitrogens with two attached hydrogens (primary N) is 2. The zero-order valence-corrected chi connectivity index (χ0v) is 10.2. The maximum absolute atomic E-state index is 5.86. The van der Waals surface area contributed by atoms with Crippen molar-refractivity contribution in [2.45, 2.75) is 43.5 Å². The summed E-state index contributed by atoms with van der Waals surface area (Å²) >= 11 is 0. The third kappa shape index (κ3) is 4.08. The summed E-state index contributed by atoms with van der Waals surface area (Å²) in [7, 11) is -0.760. The van der Waals surface area contributed by atoms with Gasteiger partial charge in [-0.05, 0) is 44.8 Å². The molecule has 1 fully saturated rings. The summed E-state index contributed by atoms with van der Waals surface area (Å²) in [4.78, 5) is 0. The minimum atomic E-state index is -0.760. The van der Waals surface area contributed by atoms with Crippen LogP contribution in [0.3, 0.4) is 0 Å². The third-order valence-corrected chi connectivity index (χ3v) is 6.86. The van der Waals surface area contributed by atoms with Crippen LogP contribution in [0.15, 0.2) is 0 Å². The lowest BCUT2D eigenvalue weighted by Crippen LogP contribution is -2.37. The Kier molecular flexibility index (Phi) is 6.43. The Morgan fingerprint density at radius 1 is 1.14 bits per heavy atom. The van der Waals surface area contributed by atoms with Gasteiger partial charge < -0.3 is 16.2 Å². The molecule has 84 valence electrons. The first-order valence-electron chi connectivity index (χ1n) is 5.90. The lowest BCUT2D eigenvalue weighted by molar-refractivity contribution is 0.0620.